The van der Waals surface area contributed by atoms with Crippen LogP contribution in [0.4, 0.5) is 5.69 Å². The minimum atomic E-state index is -0.0579. The highest BCUT2D eigenvalue weighted by Crippen LogP contribution is 2.20. The van der Waals surface area contributed by atoms with Gasteiger partial charge in [0.15, 0.2) is 0 Å². The zero-order valence-corrected chi connectivity index (χ0v) is 13.4. The molecule has 0 spiro atoms. The van der Waals surface area contributed by atoms with Crippen molar-refractivity contribution in [2.45, 2.75) is 26.9 Å². The average molecular weight is 291 g/mol. The number of aryl methyl sites for hydroxylation is 1. The van der Waals surface area contributed by atoms with Crippen molar-refractivity contribution >= 4 is 12.0 Å². The van der Waals surface area contributed by atoms with Crippen LogP contribution >= 0.6 is 0 Å². The van der Waals surface area contributed by atoms with Gasteiger partial charge < -0.3 is 14.4 Å². The number of hydrogen-bond donors (Lipinski definition) is 0. The monoisotopic (exact) mass is 291 g/mol. The van der Waals surface area contributed by atoms with Gasteiger partial charge in [0.1, 0.15) is 6.10 Å². The molecule has 21 heavy (non-hydrogen) atoms. The van der Waals surface area contributed by atoms with Crippen LogP contribution in [0.5, 0.6) is 5.88 Å². The van der Waals surface area contributed by atoms with Crippen LogP contribution in [0.2, 0.25) is 0 Å². The number of aromatic nitrogens is 1. The molecule has 1 aromatic heterocycles. The Morgan fingerprint density at radius 3 is 2.86 bits per heavy atom. The molecular weight excluding hydrogens is 266 g/mol. The molecule has 0 aromatic carbocycles. The van der Waals surface area contributed by atoms with E-state index < -0.39 is 0 Å². The molecule has 0 radical (unpaired) electrons. The van der Waals surface area contributed by atoms with Gasteiger partial charge in [0.25, 0.3) is 0 Å². The lowest BCUT2D eigenvalue weighted by Gasteiger charge is -2.14. The fourth-order valence-electron chi connectivity index (χ4n) is 1.53. The highest BCUT2D eigenvalue weighted by atomic mass is 16.5. The molecule has 0 aliphatic heterocycles. The number of hydrogen-bond acceptors (Lipinski definition) is 4. The maximum Gasteiger partial charge on any atom is 0.213 e. The standard InChI is InChI=1S/C16H25N3O2/c1-6-10-20-11-13(3)21-16-9-8-15(14(4)18-16)17-12-19(5)7-2/h6,8-9,12-13H,1,7,10-11H2,2-5H3/b17-12+/t13-/m0/s1. The van der Waals surface area contributed by atoms with Gasteiger partial charge in [-0.05, 0) is 26.8 Å². The van der Waals surface area contributed by atoms with Crippen molar-refractivity contribution in [3.63, 3.8) is 0 Å². The number of ether oxygens (including phenoxy) is 2. The summed E-state index contributed by atoms with van der Waals surface area (Å²) < 4.78 is 11.1. The van der Waals surface area contributed by atoms with Crippen LogP contribution in [0.25, 0.3) is 0 Å². The van der Waals surface area contributed by atoms with Crippen LogP contribution in [-0.4, -0.2) is 49.1 Å². The van der Waals surface area contributed by atoms with Gasteiger partial charge >= 0.3 is 0 Å². The average Bonchev–Trinajstić information content (AvgIpc) is 2.46. The Balaban J connectivity index is 2.61. The molecule has 0 fully saturated rings. The molecule has 0 N–H and O–H groups in total. The van der Waals surface area contributed by atoms with Gasteiger partial charge in [-0.25, -0.2) is 9.98 Å². The first-order valence-corrected chi connectivity index (χ1v) is 7.14. The van der Waals surface area contributed by atoms with Gasteiger partial charge in [-0.15, -0.1) is 6.58 Å². The largest absolute Gasteiger partial charge is 0.472 e. The molecule has 116 valence electrons. The van der Waals surface area contributed by atoms with Crippen LogP contribution in [0, 0.1) is 6.92 Å². The molecule has 5 heteroatoms. The molecule has 0 bridgehead atoms. The summed E-state index contributed by atoms with van der Waals surface area (Å²) in [6, 6.07) is 3.74. The number of nitrogens with zero attached hydrogens (tertiary/aromatic N) is 3. The van der Waals surface area contributed by atoms with Crippen LogP contribution < -0.4 is 4.74 Å². The summed E-state index contributed by atoms with van der Waals surface area (Å²) in [5.74, 6) is 0.588. The first-order chi connectivity index (χ1) is 10.1. The zero-order valence-electron chi connectivity index (χ0n) is 13.4. The highest BCUT2D eigenvalue weighted by Gasteiger charge is 2.07. The van der Waals surface area contributed by atoms with Gasteiger partial charge in [0, 0.05) is 19.7 Å². The molecule has 0 aliphatic rings. The summed E-state index contributed by atoms with van der Waals surface area (Å²) in [5, 5.41) is 0. The zero-order chi connectivity index (χ0) is 15.7. The van der Waals surface area contributed by atoms with E-state index in [-0.39, 0.29) is 6.10 Å². The van der Waals surface area contributed by atoms with Crippen molar-refractivity contribution in [2.75, 3.05) is 26.8 Å². The third kappa shape index (κ3) is 6.40. The first kappa shape index (κ1) is 17.2. The maximum atomic E-state index is 5.71. The fourth-order valence-corrected chi connectivity index (χ4v) is 1.53. The summed E-state index contributed by atoms with van der Waals surface area (Å²) in [4.78, 5) is 10.8. The van der Waals surface area contributed by atoms with E-state index in [0.29, 0.717) is 19.1 Å². The Morgan fingerprint density at radius 1 is 1.48 bits per heavy atom. The molecule has 1 heterocycles. The summed E-state index contributed by atoms with van der Waals surface area (Å²) >= 11 is 0. The second-order valence-electron chi connectivity index (χ2n) is 4.83. The van der Waals surface area contributed by atoms with Gasteiger partial charge in [0.05, 0.1) is 30.9 Å². The number of rotatable bonds is 9. The van der Waals surface area contributed by atoms with Crippen LogP contribution in [0.1, 0.15) is 19.5 Å². The second kappa shape index (κ2) is 9.13. The van der Waals surface area contributed by atoms with Gasteiger partial charge in [-0.3, -0.25) is 0 Å². The van der Waals surface area contributed by atoms with E-state index >= 15 is 0 Å². The van der Waals surface area contributed by atoms with Crippen molar-refractivity contribution in [1.29, 1.82) is 0 Å². The van der Waals surface area contributed by atoms with E-state index in [1.165, 1.54) is 0 Å². The highest BCUT2D eigenvalue weighted by molar-refractivity contribution is 5.62. The minimum absolute atomic E-state index is 0.0579. The molecule has 1 aromatic rings. The molecule has 0 aliphatic carbocycles. The van der Waals surface area contributed by atoms with Crippen LogP contribution in [0.15, 0.2) is 29.8 Å². The molecule has 1 atom stereocenters. The third-order valence-corrected chi connectivity index (χ3v) is 2.84. The van der Waals surface area contributed by atoms with E-state index in [1.54, 1.807) is 12.4 Å². The first-order valence-electron chi connectivity index (χ1n) is 7.14. The van der Waals surface area contributed by atoms with Crippen molar-refractivity contribution in [3.8, 4) is 5.88 Å². The van der Waals surface area contributed by atoms with E-state index in [9.17, 15) is 0 Å². The van der Waals surface area contributed by atoms with E-state index in [0.717, 1.165) is 17.9 Å². The van der Waals surface area contributed by atoms with Gasteiger partial charge in [-0.1, -0.05) is 6.08 Å². The van der Waals surface area contributed by atoms with Crippen LogP contribution in [-0.2, 0) is 4.74 Å². The topological polar surface area (TPSA) is 47.0 Å². The molecule has 0 saturated heterocycles. The Kier molecular flexibility index (Phi) is 7.46. The van der Waals surface area contributed by atoms with E-state index in [2.05, 4.69) is 23.5 Å². The van der Waals surface area contributed by atoms with Crippen molar-refractivity contribution in [2.24, 2.45) is 4.99 Å². The molecule has 0 amide bonds. The molecule has 1 rings (SSSR count). The molecule has 0 unspecified atom stereocenters. The second-order valence-corrected chi connectivity index (χ2v) is 4.83. The minimum Gasteiger partial charge on any atom is -0.472 e. The van der Waals surface area contributed by atoms with Gasteiger partial charge in [-0.2, -0.15) is 0 Å². The molecule has 0 saturated carbocycles. The van der Waals surface area contributed by atoms with Crippen molar-refractivity contribution in [1.82, 2.24) is 9.88 Å². The van der Waals surface area contributed by atoms with E-state index in [1.807, 2.05) is 37.9 Å². The summed E-state index contributed by atoms with van der Waals surface area (Å²) in [6.07, 6.45) is 3.46. The van der Waals surface area contributed by atoms with Crippen molar-refractivity contribution < 1.29 is 9.47 Å². The quantitative estimate of drug-likeness (QED) is 0.304. The normalized spacial score (nSPS) is 12.4. The lowest BCUT2D eigenvalue weighted by Crippen LogP contribution is -2.19. The lowest BCUT2D eigenvalue weighted by molar-refractivity contribution is 0.0711. The predicted molar refractivity (Wildman–Crippen MR) is 86.5 cm³/mol. The number of pyridine rings is 1. The molecular formula is C16H25N3O2. The van der Waals surface area contributed by atoms with Gasteiger partial charge in [0.2, 0.25) is 5.88 Å². The third-order valence-electron chi connectivity index (χ3n) is 2.84. The smallest absolute Gasteiger partial charge is 0.213 e. The number of aliphatic imine (C=N–C) groups is 1. The van der Waals surface area contributed by atoms with Crippen molar-refractivity contribution in [3.05, 3.63) is 30.5 Å². The lowest BCUT2D eigenvalue weighted by atomic mass is 10.3. The Morgan fingerprint density at radius 2 is 2.24 bits per heavy atom. The fraction of sp³-hybridized carbons (Fsp3) is 0.500. The van der Waals surface area contributed by atoms with Crippen LogP contribution in [0.3, 0.4) is 0 Å². The maximum absolute atomic E-state index is 5.71. The molecule has 5 nitrogen and oxygen atoms in total. The Bertz CT molecular complexity index is 475. The summed E-state index contributed by atoms with van der Waals surface area (Å²) in [5.41, 5.74) is 1.69. The Labute approximate surface area is 127 Å². The SMILES string of the molecule is C=CCOC[C@H](C)Oc1ccc(/N=C/N(C)CC)c(C)n1. The predicted octanol–water partition coefficient (Wildman–Crippen LogP) is 2.97. The summed E-state index contributed by atoms with van der Waals surface area (Å²) in [6.45, 7) is 11.5. The summed E-state index contributed by atoms with van der Waals surface area (Å²) in [7, 11) is 1.98. The Hall–Kier alpha value is -1.88. The van der Waals surface area contributed by atoms with E-state index in [4.69, 9.17) is 9.47 Å².